The fourth-order valence-corrected chi connectivity index (χ4v) is 3.02. The number of rotatable bonds is 6. The molecule has 1 N–H and O–H groups in total. The number of nitrogens with zero attached hydrogens (tertiary/aromatic N) is 2. The minimum Gasteiger partial charge on any atom is -0.465 e. The van der Waals surface area contributed by atoms with E-state index in [4.69, 9.17) is 4.74 Å². The summed E-state index contributed by atoms with van der Waals surface area (Å²) in [5, 5.41) is 10.6. The molecule has 0 fully saturated rings. The molecule has 0 aliphatic rings. The lowest BCUT2D eigenvalue weighted by Crippen LogP contribution is -2.28. The van der Waals surface area contributed by atoms with Gasteiger partial charge in [0.05, 0.1) is 36.2 Å². The standard InChI is InChI=1S/C17H20N2O4S/c1-10(2)9-24-17-18-14-7-12(16(22)23-4)5-6-13(14)15(21)19(17)8-11(3)20/h5-7,11,20H,1,8-9H2,2-4H3/t11-/m1/s1. The zero-order chi connectivity index (χ0) is 17.9. The number of ether oxygens (including phenoxy) is 1. The fraction of sp³-hybridized carbons (Fsp3) is 0.353. The maximum atomic E-state index is 12.7. The Hall–Kier alpha value is -2.12. The van der Waals surface area contributed by atoms with Crippen LogP contribution in [0.5, 0.6) is 0 Å². The van der Waals surface area contributed by atoms with Gasteiger partial charge in [-0.3, -0.25) is 9.36 Å². The Morgan fingerprint density at radius 1 is 1.50 bits per heavy atom. The molecule has 1 aromatic carbocycles. The lowest BCUT2D eigenvalue weighted by molar-refractivity contribution is 0.0601. The molecule has 6 nitrogen and oxygen atoms in total. The quantitative estimate of drug-likeness (QED) is 0.373. The van der Waals surface area contributed by atoms with Gasteiger partial charge in [0.1, 0.15) is 0 Å². The van der Waals surface area contributed by atoms with Crippen LogP contribution in [0.3, 0.4) is 0 Å². The number of methoxy groups -OCH3 is 1. The van der Waals surface area contributed by atoms with Gasteiger partial charge in [-0.25, -0.2) is 9.78 Å². The average Bonchev–Trinajstić information content (AvgIpc) is 2.54. The van der Waals surface area contributed by atoms with Crippen molar-refractivity contribution in [3.63, 3.8) is 0 Å². The average molecular weight is 348 g/mol. The predicted octanol–water partition coefficient (Wildman–Crippen LogP) is 2.23. The molecule has 24 heavy (non-hydrogen) atoms. The van der Waals surface area contributed by atoms with Crippen molar-refractivity contribution in [2.45, 2.75) is 31.7 Å². The lowest BCUT2D eigenvalue weighted by Gasteiger charge is -2.14. The second kappa shape index (κ2) is 7.63. The van der Waals surface area contributed by atoms with Crippen LogP contribution in [-0.2, 0) is 11.3 Å². The molecule has 1 atom stereocenters. The third-order valence-corrected chi connectivity index (χ3v) is 4.44. The van der Waals surface area contributed by atoms with Crippen LogP contribution >= 0.6 is 11.8 Å². The van der Waals surface area contributed by atoms with Crippen molar-refractivity contribution in [1.29, 1.82) is 0 Å². The first-order valence-electron chi connectivity index (χ1n) is 7.41. The van der Waals surface area contributed by atoms with E-state index in [1.807, 2.05) is 6.92 Å². The summed E-state index contributed by atoms with van der Waals surface area (Å²) < 4.78 is 6.16. The summed E-state index contributed by atoms with van der Waals surface area (Å²) in [4.78, 5) is 28.9. The molecule has 0 unspecified atom stereocenters. The second-order valence-corrected chi connectivity index (χ2v) is 6.57. The third-order valence-electron chi connectivity index (χ3n) is 3.24. The Kier molecular flexibility index (Phi) is 5.80. The number of benzene rings is 1. The number of hydrogen-bond donors (Lipinski definition) is 1. The smallest absolute Gasteiger partial charge is 0.337 e. The van der Waals surface area contributed by atoms with Crippen LogP contribution in [-0.4, -0.2) is 39.6 Å². The number of fused-ring (bicyclic) bond motifs is 1. The lowest BCUT2D eigenvalue weighted by atomic mass is 10.1. The van der Waals surface area contributed by atoms with Gasteiger partial charge in [0.25, 0.3) is 5.56 Å². The highest BCUT2D eigenvalue weighted by Crippen LogP contribution is 2.21. The van der Waals surface area contributed by atoms with Crippen molar-refractivity contribution < 1.29 is 14.6 Å². The molecule has 1 aromatic heterocycles. The largest absolute Gasteiger partial charge is 0.465 e. The zero-order valence-electron chi connectivity index (χ0n) is 13.9. The Morgan fingerprint density at radius 3 is 2.79 bits per heavy atom. The van der Waals surface area contributed by atoms with Crippen molar-refractivity contribution in [3.05, 3.63) is 46.3 Å². The molecule has 0 spiro atoms. The van der Waals surface area contributed by atoms with Gasteiger partial charge < -0.3 is 9.84 Å². The number of carbonyl (C=O) groups excluding carboxylic acids is 1. The predicted molar refractivity (Wildman–Crippen MR) is 94.6 cm³/mol. The number of esters is 1. The molecule has 128 valence electrons. The summed E-state index contributed by atoms with van der Waals surface area (Å²) in [6, 6.07) is 4.63. The maximum Gasteiger partial charge on any atom is 0.337 e. The van der Waals surface area contributed by atoms with E-state index in [-0.39, 0.29) is 12.1 Å². The van der Waals surface area contributed by atoms with Gasteiger partial charge in [0, 0.05) is 5.75 Å². The topological polar surface area (TPSA) is 81.4 Å². The van der Waals surface area contributed by atoms with Gasteiger partial charge in [-0.15, -0.1) is 0 Å². The van der Waals surface area contributed by atoms with E-state index >= 15 is 0 Å². The molecule has 2 aromatic rings. The Balaban J connectivity index is 2.62. The van der Waals surface area contributed by atoms with Crippen LogP contribution in [0.1, 0.15) is 24.2 Å². The summed E-state index contributed by atoms with van der Waals surface area (Å²) in [6.07, 6.45) is -0.680. The molecule has 0 saturated carbocycles. The van der Waals surface area contributed by atoms with E-state index in [9.17, 15) is 14.7 Å². The SMILES string of the molecule is C=C(C)CSc1nc2cc(C(=O)OC)ccc2c(=O)n1C[C@@H](C)O. The van der Waals surface area contributed by atoms with Crippen LogP contribution in [0.25, 0.3) is 10.9 Å². The normalized spacial score (nSPS) is 12.2. The van der Waals surface area contributed by atoms with Gasteiger partial charge in [-0.05, 0) is 32.0 Å². The van der Waals surface area contributed by atoms with Crippen molar-refractivity contribution in [1.82, 2.24) is 9.55 Å². The minimum atomic E-state index is -0.680. The van der Waals surface area contributed by atoms with E-state index in [1.165, 1.54) is 29.5 Å². The number of aliphatic hydroxyl groups excluding tert-OH is 1. The van der Waals surface area contributed by atoms with Crippen LogP contribution in [0, 0.1) is 0 Å². The summed E-state index contributed by atoms with van der Waals surface area (Å²) in [5.41, 5.74) is 1.46. The number of carbonyl (C=O) groups is 1. The fourth-order valence-electron chi connectivity index (χ4n) is 2.17. The van der Waals surface area contributed by atoms with Crippen molar-refractivity contribution in [2.24, 2.45) is 0 Å². The van der Waals surface area contributed by atoms with Crippen molar-refractivity contribution in [3.8, 4) is 0 Å². The molecule has 0 aliphatic carbocycles. The molecule has 2 rings (SSSR count). The first-order valence-corrected chi connectivity index (χ1v) is 8.40. The van der Waals surface area contributed by atoms with E-state index in [0.29, 0.717) is 27.4 Å². The Morgan fingerprint density at radius 2 is 2.21 bits per heavy atom. The van der Waals surface area contributed by atoms with E-state index in [1.54, 1.807) is 19.1 Å². The number of thioether (sulfide) groups is 1. The Bertz CT molecular complexity index is 842. The van der Waals surface area contributed by atoms with Crippen molar-refractivity contribution >= 4 is 28.6 Å². The molecule has 7 heteroatoms. The van der Waals surface area contributed by atoms with Crippen LogP contribution < -0.4 is 5.56 Å². The van der Waals surface area contributed by atoms with Crippen molar-refractivity contribution in [2.75, 3.05) is 12.9 Å². The molecule has 1 heterocycles. The highest BCUT2D eigenvalue weighted by Gasteiger charge is 2.15. The summed E-state index contributed by atoms with van der Waals surface area (Å²) in [5.74, 6) is 0.122. The first-order chi connectivity index (χ1) is 11.3. The van der Waals surface area contributed by atoms with Gasteiger partial charge >= 0.3 is 5.97 Å². The maximum absolute atomic E-state index is 12.7. The number of aliphatic hydroxyl groups is 1. The summed E-state index contributed by atoms with van der Waals surface area (Å²) >= 11 is 1.37. The van der Waals surface area contributed by atoms with Gasteiger partial charge in [0.2, 0.25) is 0 Å². The van der Waals surface area contributed by atoms with E-state index < -0.39 is 12.1 Å². The molecule has 0 saturated heterocycles. The van der Waals surface area contributed by atoms with E-state index in [0.717, 1.165) is 5.57 Å². The van der Waals surface area contributed by atoms with Crippen LogP contribution in [0.2, 0.25) is 0 Å². The molecule has 0 bridgehead atoms. The Labute approximate surface area is 144 Å². The monoisotopic (exact) mass is 348 g/mol. The molecular weight excluding hydrogens is 328 g/mol. The van der Waals surface area contributed by atoms with Gasteiger partial charge in [-0.1, -0.05) is 23.9 Å². The number of aromatic nitrogens is 2. The molecule has 0 amide bonds. The third kappa shape index (κ3) is 4.04. The summed E-state index contributed by atoms with van der Waals surface area (Å²) in [7, 11) is 1.30. The molecule has 0 aliphatic heterocycles. The highest BCUT2D eigenvalue weighted by molar-refractivity contribution is 7.99. The number of hydrogen-bond acceptors (Lipinski definition) is 6. The molecule has 0 radical (unpaired) electrons. The van der Waals surface area contributed by atoms with Gasteiger partial charge in [0.15, 0.2) is 5.16 Å². The van der Waals surface area contributed by atoms with Crippen LogP contribution in [0.4, 0.5) is 0 Å². The zero-order valence-corrected chi connectivity index (χ0v) is 14.7. The van der Waals surface area contributed by atoms with E-state index in [2.05, 4.69) is 11.6 Å². The first kappa shape index (κ1) is 18.2. The van der Waals surface area contributed by atoms with Crippen LogP contribution in [0.15, 0.2) is 40.3 Å². The van der Waals surface area contributed by atoms with Gasteiger partial charge in [-0.2, -0.15) is 0 Å². The highest BCUT2D eigenvalue weighted by atomic mass is 32.2. The second-order valence-electron chi connectivity index (χ2n) is 5.63. The summed E-state index contributed by atoms with van der Waals surface area (Å²) in [6.45, 7) is 7.50. The minimum absolute atomic E-state index is 0.152. The molecular formula is C17H20N2O4S.